The van der Waals surface area contributed by atoms with Crippen LogP contribution >= 0.6 is 0 Å². The summed E-state index contributed by atoms with van der Waals surface area (Å²) in [6, 6.07) is 0. The van der Waals surface area contributed by atoms with Gasteiger partial charge in [0.2, 0.25) is 0 Å². The van der Waals surface area contributed by atoms with Gasteiger partial charge in [-0.3, -0.25) is 4.79 Å². The Morgan fingerprint density at radius 2 is 2.06 bits per heavy atom. The van der Waals surface area contributed by atoms with E-state index < -0.39 is 5.79 Å². The molecule has 0 aliphatic carbocycles. The van der Waals surface area contributed by atoms with Crippen LogP contribution in [0, 0.1) is 0 Å². The maximum absolute atomic E-state index is 11.1. The van der Waals surface area contributed by atoms with E-state index in [1.165, 1.54) is 7.11 Å². The molecule has 0 amide bonds. The van der Waals surface area contributed by atoms with Gasteiger partial charge in [-0.05, 0) is 27.2 Å². The fourth-order valence-corrected chi connectivity index (χ4v) is 1.90. The number of allylic oxidation sites excluding steroid dienone is 3. The molecule has 1 saturated heterocycles. The minimum Gasteiger partial charge on any atom is -0.469 e. The van der Waals surface area contributed by atoms with Crippen molar-refractivity contribution in [2.45, 2.75) is 51.6 Å². The molecule has 1 aliphatic rings. The van der Waals surface area contributed by atoms with Crippen LogP contribution in [0.2, 0.25) is 0 Å². The monoisotopic (exact) mass is 254 g/mol. The summed E-state index contributed by atoms with van der Waals surface area (Å²) in [4.78, 5) is 11.1. The molecule has 18 heavy (non-hydrogen) atoms. The Morgan fingerprint density at radius 3 is 2.67 bits per heavy atom. The summed E-state index contributed by atoms with van der Waals surface area (Å²) in [5.74, 6) is -0.828. The predicted molar refractivity (Wildman–Crippen MR) is 69.0 cm³/mol. The normalized spacial score (nSPS) is 27.1. The van der Waals surface area contributed by atoms with E-state index in [1.54, 1.807) is 0 Å². The zero-order chi connectivity index (χ0) is 13.6. The highest BCUT2D eigenvalue weighted by Gasteiger charge is 2.39. The Morgan fingerprint density at radius 1 is 1.33 bits per heavy atom. The number of hydrogen-bond donors (Lipinski definition) is 0. The van der Waals surface area contributed by atoms with Crippen molar-refractivity contribution in [2.24, 2.45) is 0 Å². The van der Waals surface area contributed by atoms with Crippen LogP contribution in [0.15, 0.2) is 24.3 Å². The number of carbonyl (C=O) groups is 1. The van der Waals surface area contributed by atoms with E-state index in [9.17, 15) is 4.79 Å². The Labute approximate surface area is 109 Å². The van der Waals surface area contributed by atoms with Gasteiger partial charge in [0.15, 0.2) is 5.79 Å². The van der Waals surface area contributed by atoms with E-state index in [0.717, 1.165) is 0 Å². The first-order valence-corrected chi connectivity index (χ1v) is 6.20. The summed E-state index contributed by atoms with van der Waals surface area (Å²) in [7, 11) is 1.39. The second kappa shape index (κ2) is 6.71. The molecule has 1 rings (SSSR count). The SMILES string of the molecule is C/C=C/C=C\[C@@H]1OC(C)(C)O[C@@H]1CCC(=O)OC. The average molecular weight is 254 g/mol. The van der Waals surface area contributed by atoms with Gasteiger partial charge in [0.1, 0.15) is 6.10 Å². The molecule has 0 aromatic heterocycles. The van der Waals surface area contributed by atoms with E-state index in [0.29, 0.717) is 12.8 Å². The maximum atomic E-state index is 11.1. The molecule has 0 aromatic rings. The summed E-state index contributed by atoms with van der Waals surface area (Å²) in [5, 5.41) is 0. The Kier molecular flexibility index (Phi) is 5.56. The van der Waals surface area contributed by atoms with Crippen LogP contribution in [0.1, 0.15) is 33.6 Å². The lowest BCUT2D eigenvalue weighted by molar-refractivity contribution is -0.148. The summed E-state index contributed by atoms with van der Waals surface area (Å²) in [6.45, 7) is 5.71. The minimum atomic E-state index is -0.605. The minimum absolute atomic E-state index is 0.111. The summed E-state index contributed by atoms with van der Waals surface area (Å²) >= 11 is 0. The fraction of sp³-hybridized carbons (Fsp3) is 0.643. The van der Waals surface area contributed by atoms with Crippen molar-refractivity contribution in [1.82, 2.24) is 0 Å². The first kappa shape index (κ1) is 14.9. The van der Waals surface area contributed by atoms with Gasteiger partial charge in [0.25, 0.3) is 0 Å². The molecular formula is C14H22O4. The topological polar surface area (TPSA) is 44.8 Å². The number of carbonyl (C=O) groups excluding carboxylic acids is 1. The van der Waals surface area contributed by atoms with E-state index in [4.69, 9.17) is 9.47 Å². The van der Waals surface area contributed by atoms with Gasteiger partial charge in [-0.15, -0.1) is 0 Å². The Hall–Kier alpha value is -1.13. The molecule has 4 nitrogen and oxygen atoms in total. The zero-order valence-corrected chi connectivity index (χ0v) is 11.5. The third-order valence-electron chi connectivity index (χ3n) is 2.69. The van der Waals surface area contributed by atoms with Crippen LogP contribution in [-0.2, 0) is 19.0 Å². The van der Waals surface area contributed by atoms with Gasteiger partial charge >= 0.3 is 5.97 Å². The van der Waals surface area contributed by atoms with E-state index in [2.05, 4.69) is 4.74 Å². The van der Waals surface area contributed by atoms with Crippen molar-refractivity contribution in [2.75, 3.05) is 7.11 Å². The average Bonchev–Trinajstić information content (AvgIpc) is 2.61. The van der Waals surface area contributed by atoms with Crippen molar-refractivity contribution >= 4 is 5.97 Å². The number of methoxy groups -OCH3 is 1. The predicted octanol–water partition coefficient (Wildman–Crippen LogP) is 2.59. The maximum Gasteiger partial charge on any atom is 0.305 e. The van der Waals surface area contributed by atoms with Gasteiger partial charge in [0, 0.05) is 6.42 Å². The highest BCUT2D eigenvalue weighted by atomic mass is 16.7. The van der Waals surface area contributed by atoms with Gasteiger partial charge in [-0.1, -0.05) is 24.3 Å². The molecule has 1 aliphatic heterocycles. The molecule has 1 heterocycles. The summed E-state index contributed by atoms with van der Waals surface area (Å²) < 4.78 is 16.2. The third kappa shape index (κ3) is 4.63. The number of hydrogen-bond acceptors (Lipinski definition) is 4. The van der Waals surface area contributed by atoms with Crippen molar-refractivity contribution in [3.8, 4) is 0 Å². The third-order valence-corrected chi connectivity index (χ3v) is 2.69. The number of rotatable bonds is 5. The summed E-state index contributed by atoms with van der Waals surface area (Å²) in [5.41, 5.74) is 0. The molecular weight excluding hydrogens is 232 g/mol. The van der Waals surface area contributed by atoms with Gasteiger partial charge < -0.3 is 14.2 Å². The zero-order valence-electron chi connectivity index (χ0n) is 11.5. The van der Waals surface area contributed by atoms with E-state index in [-0.39, 0.29) is 18.2 Å². The van der Waals surface area contributed by atoms with Crippen LogP contribution in [-0.4, -0.2) is 31.1 Å². The molecule has 0 spiro atoms. The van der Waals surface area contributed by atoms with Crippen molar-refractivity contribution in [1.29, 1.82) is 0 Å². The first-order valence-electron chi connectivity index (χ1n) is 6.20. The van der Waals surface area contributed by atoms with Gasteiger partial charge in [0.05, 0.1) is 13.2 Å². The largest absolute Gasteiger partial charge is 0.469 e. The lowest BCUT2D eigenvalue weighted by Crippen LogP contribution is -2.22. The van der Waals surface area contributed by atoms with Crippen molar-refractivity contribution in [3.05, 3.63) is 24.3 Å². The second-order valence-corrected chi connectivity index (χ2v) is 4.66. The Bertz CT molecular complexity index is 331. The molecule has 0 bridgehead atoms. The molecule has 2 atom stereocenters. The second-order valence-electron chi connectivity index (χ2n) is 4.66. The van der Waals surface area contributed by atoms with Crippen LogP contribution in [0.5, 0.6) is 0 Å². The molecule has 102 valence electrons. The van der Waals surface area contributed by atoms with Crippen molar-refractivity contribution in [3.63, 3.8) is 0 Å². The quantitative estimate of drug-likeness (QED) is 0.559. The molecule has 0 radical (unpaired) electrons. The van der Waals surface area contributed by atoms with Crippen LogP contribution in [0.25, 0.3) is 0 Å². The molecule has 0 unspecified atom stereocenters. The van der Waals surface area contributed by atoms with Crippen LogP contribution in [0.3, 0.4) is 0 Å². The first-order chi connectivity index (χ1) is 8.48. The highest BCUT2D eigenvalue weighted by molar-refractivity contribution is 5.69. The molecule has 0 saturated carbocycles. The fourth-order valence-electron chi connectivity index (χ4n) is 1.90. The smallest absolute Gasteiger partial charge is 0.305 e. The van der Waals surface area contributed by atoms with Gasteiger partial charge in [-0.25, -0.2) is 0 Å². The summed E-state index contributed by atoms with van der Waals surface area (Å²) in [6.07, 6.45) is 8.47. The van der Waals surface area contributed by atoms with Crippen LogP contribution < -0.4 is 0 Å². The van der Waals surface area contributed by atoms with E-state index >= 15 is 0 Å². The lowest BCUT2D eigenvalue weighted by Gasteiger charge is -2.16. The van der Waals surface area contributed by atoms with Gasteiger partial charge in [-0.2, -0.15) is 0 Å². The number of ether oxygens (including phenoxy) is 3. The Balaban J connectivity index is 2.58. The van der Waals surface area contributed by atoms with E-state index in [1.807, 2.05) is 45.1 Å². The van der Waals surface area contributed by atoms with Crippen molar-refractivity contribution < 1.29 is 19.0 Å². The highest BCUT2D eigenvalue weighted by Crippen LogP contribution is 2.31. The lowest BCUT2D eigenvalue weighted by atomic mass is 10.1. The van der Waals surface area contributed by atoms with Crippen LogP contribution in [0.4, 0.5) is 0 Å². The molecule has 0 N–H and O–H groups in total. The molecule has 0 aromatic carbocycles. The number of esters is 1. The molecule has 4 heteroatoms. The molecule has 1 fully saturated rings. The standard InChI is InChI=1S/C14H22O4/c1-5-6-7-8-11-12(9-10-13(15)16-4)18-14(2,3)17-11/h5-8,11-12H,9-10H2,1-4H3/b6-5+,8-7-/t11-,12+/m0/s1.